The van der Waals surface area contributed by atoms with Crippen LogP contribution < -0.4 is 10.1 Å². The van der Waals surface area contributed by atoms with Crippen LogP contribution in [-0.4, -0.2) is 13.0 Å². The highest BCUT2D eigenvalue weighted by atomic mass is 16.5. The molecule has 132 valence electrons. The summed E-state index contributed by atoms with van der Waals surface area (Å²) in [5.74, 6) is 1.45. The summed E-state index contributed by atoms with van der Waals surface area (Å²) in [6.07, 6.45) is 0. The van der Waals surface area contributed by atoms with Gasteiger partial charge in [-0.3, -0.25) is 4.79 Å². The first kappa shape index (κ1) is 17.5. The Hall–Kier alpha value is -2.29. The molecule has 2 aromatic carbocycles. The highest BCUT2D eigenvalue weighted by Gasteiger charge is 2.40. The Balaban J connectivity index is 2.04. The molecule has 0 spiro atoms. The van der Waals surface area contributed by atoms with Gasteiger partial charge in [-0.05, 0) is 34.7 Å². The first-order valence-corrected chi connectivity index (χ1v) is 8.86. The number of amides is 1. The molecule has 3 heteroatoms. The topological polar surface area (TPSA) is 38.3 Å². The van der Waals surface area contributed by atoms with Crippen molar-refractivity contribution >= 4 is 5.91 Å². The largest absolute Gasteiger partial charge is 0.497 e. The fraction of sp³-hybridized carbons (Fsp3) is 0.409. The molecule has 0 saturated carbocycles. The fourth-order valence-electron chi connectivity index (χ4n) is 3.70. The molecule has 0 aromatic heterocycles. The third-order valence-corrected chi connectivity index (χ3v) is 5.14. The van der Waals surface area contributed by atoms with Crippen LogP contribution in [0.25, 0.3) is 0 Å². The van der Waals surface area contributed by atoms with Crippen molar-refractivity contribution in [3.63, 3.8) is 0 Å². The van der Waals surface area contributed by atoms with Crippen molar-refractivity contribution < 1.29 is 9.53 Å². The minimum absolute atomic E-state index is 0.0120. The van der Waals surface area contributed by atoms with E-state index in [2.05, 4.69) is 48.6 Å². The molecule has 3 rings (SSSR count). The van der Waals surface area contributed by atoms with Crippen LogP contribution in [0.4, 0.5) is 0 Å². The number of hydrogen-bond acceptors (Lipinski definition) is 2. The van der Waals surface area contributed by atoms with E-state index in [0.717, 1.165) is 5.75 Å². The second kappa shape index (κ2) is 6.55. The smallest absolute Gasteiger partial charge is 0.225 e. The summed E-state index contributed by atoms with van der Waals surface area (Å²) in [5, 5.41) is 3.28. The maximum absolute atomic E-state index is 12.6. The Bertz CT molecular complexity index is 761. The lowest BCUT2D eigenvalue weighted by molar-refractivity contribution is -0.129. The number of fused-ring (bicyclic) bond motifs is 1. The number of methoxy groups -OCH3 is 1. The maximum atomic E-state index is 12.6. The quantitative estimate of drug-likeness (QED) is 0.883. The number of ether oxygens (including phenoxy) is 1. The first-order chi connectivity index (χ1) is 11.8. The van der Waals surface area contributed by atoms with Crippen LogP contribution in [0, 0.1) is 11.3 Å². The van der Waals surface area contributed by atoms with Gasteiger partial charge >= 0.3 is 0 Å². The molecule has 0 radical (unpaired) electrons. The number of carbonyl (C=O) groups excluding carboxylic acids is 1. The SMILES string of the molecule is COc1ccc2c(c1)[C@@H](NC(=O)C(C)(C)C)[C@H](C)[C@H]2c1ccccc1. The number of carbonyl (C=O) groups is 1. The van der Waals surface area contributed by atoms with Gasteiger partial charge in [0.05, 0.1) is 13.2 Å². The van der Waals surface area contributed by atoms with Crippen LogP contribution in [0.15, 0.2) is 48.5 Å². The molecule has 1 aliphatic rings. The number of hydrogen-bond donors (Lipinski definition) is 1. The summed E-state index contributed by atoms with van der Waals surface area (Å²) in [5.41, 5.74) is 3.31. The number of benzene rings is 2. The lowest BCUT2D eigenvalue weighted by atomic mass is 9.85. The maximum Gasteiger partial charge on any atom is 0.225 e. The van der Waals surface area contributed by atoms with Crippen molar-refractivity contribution in [2.45, 2.75) is 39.7 Å². The van der Waals surface area contributed by atoms with Crippen LogP contribution in [0.1, 0.15) is 56.3 Å². The summed E-state index contributed by atoms with van der Waals surface area (Å²) in [7, 11) is 1.68. The van der Waals surface area contributed by atoms with Gasteiger partial charge in [0.15, 0.2) is 0 Å². The molecular formula is C22H27NO2. The van der Waals surface area contributed by atoms with Gasteiger partial charge in [-0.1, -0.05) is 64.1 Å². The number of rotatable bonds is 3. The standard InChI is InChI=1S/C22H27NO2/c1-14-19(15-9-7-6-8-10-15)17-12-11-16(25-5)13-18(17)20(14)23-21(24)22(2,3)4/h6-14,19-20H,1-5H3,(H,23,24)/t14-,19+,20+/m1/s1. The van der Waals surface area contributed by atoms with Crippen molar-refractivity contribution in [2.24, 2.45) is 11.3 Å². The third kappa shape index (κ3) is 3.28. The third-order valence-electron chi connectivity index (χ3n) is 5.14. The van der Waals surface area contributed by atoms with E-state index in [-0.39, 0.29) is 23.8 Å². The van der Waals surface area contributed by atoms with Gasteiger partial charge < -0.3 is 10.1 Å². The molecule has 3 atom stereocenters. The molecular weight excluding hydrogens is 310 g/mol. The lowest BCUT2D eigenvalue weighted by Crippen LogP contribution is -2.38. The molecule has 1 amide bonds. The molecule has 0 bridgehead atoms. The van der Waals surface area contributed by atoms with Crippen molar-refractivity contribution in [1.82, 2.24) is 5.32 Å². The molecule has 0 aliphatic heterocycles. The highest BCUT2D eigenvalue weighted by Crippen LogP contribution is 2.49. The monoisotopic (exact) mass is 337 g/mol. The Kier molecular flexibility index (Phi) is 4.59. The first-order valence-electron chi connectivity index (χ1n) is 8.86. The van der Waals surface area contributed by atoms with Crippen molar-refractivity contribution in [3.05, 3.63) is 65.2 Å². The molecule has 25 heavy (non-hydrogen) atoms. The predicted molar refractivity (Wildman–Crippen MR) is 101 cm³/mol. The minimum atomic E-state index is -0.413. The Morgan fingerprint density at radius 2 is 1.72 bits per heavy atom. The van der Waals surface area contributed by atoms with Crippen molar-refractivity contribution in [3.8, 4) is 5.75 Å². The average Bonchev–Trinajstić information content (AvgIpc) is 2.86. The molecule has 0 saturated heterocycles. The number of nitrogens with one attached hydrogen (secondary N) is 1. The molecule has 0 heterocycles. The zero-order valence-electron chi connectivity index (χ0n) is 15.7. The Morgan fingerprint density at radius 1 is 1.04 bits per heavy atom. The Labute approximate surface area is 150 Å². The lowest BCUT2D eigenvalue weighted by Gasteiger charge is -2.26. The molecule has 3 nitrogen and oxygen atoms in total. The zero-order chi connectivity index (χ0) is 18.2. The van der Waals surface area contributed by atoms with E-state index in [9.17, 15) is 4.79 Å². The van der Waals surface area contributed by atoms with Gasteiger partial charge in [-0.2, -0.15) is 0 Å². The molecule has 0 fully saturated rings. The van der Waals surface area contributed by atoms with Crippen molar-refractivity contribution in [2.75, 3.05) is 7.11 Å². The van der Waals surface area contributed by atoms with Gasteiger partial charge in [-0.15, -0.1) is 0 Å². The predicted octanol–water partition coefficient (Wildman–Crippen LogP) is 4.68. The van der Waals surface area contributed by atoms with Crippen LogP contribution >= 0.6 is 0 Å². The molecule has 2 aromatic rings. The summed E-state index contributed by atoms with van der Waals surface area (Å²) >= 11 is 0. The molecule has 0 unspecified atom stereocenters. The van der Waals surface area contributed by atoms with E-state index in [0.29, 0.717) is 0 Å². The Morgan fingerprint density at radius 3 is 2.32 bits per heavy atom. The summed E-state index contributed by atoms with van der Waals surface area (Å²) in [4.78, 5) is 12.6. The van der Waals surface area contributed by atoms with Crippen LogP contribution in [0.2, 0.25) is 0 Å². The highest BCUT2D eigenvalue weighted by molar-refractivity contribution is 5.82. The van der Waals surface area contributed by atoms with E-state index < -0.39 is 5.41 Å². The van der Waals surface area contributed by atoms with E-state index in [4.69, 9.17) is 4.74 Å². The second-order valence-corrected chi connectivity index (χ2v) is 7.94. The van der Waals surface area contributed by atoms with Crippen LogP contribution in [0.5, 0.6) is 5.75 Å². The minimum Gasteiger partial charge on any atom is -0.497 e. The van der Waals surface area contributed by atoms with E-state index in [1.54, 1.807) is 7.11 Å². The van der Waals surface area contributed by atoms with Crippen LogP contribution in [-0.2, 0) is 4.79 Å². The van der Waals surface area contributed by atoms with E-state index >= 15 is 0 Å². The summed E-state index contributed by atoms with van der Waals surface area (Å²) in [6, 6.07) is 16.7. The van der Waals surface area contributed by atoms with Gasteiger partial charge in [0.1, 0.15) is 5.75 Å². The van der Waals surface area contributed by atoms with Crippen LogP contribution in [0.3, 0.4) is 0 Å². The second-order valence-electron chi connectivity index (χ2n) is 7.94. The van der Waals surface area contributed by atoms with E-state index in [1.807, 2.05) is 32.9 Å². The van der Waals surface area contributed by atoms with Gasteiger partial charge in [0, 0.05) is 11.3 Å². The summed E-state index contributed by atoms with van der Waals surface area (Å²) in [6.45, 7) is 8.06. The average molecular weight is 337 g/mol. The van der Waals surface area contributed by atoms with Gasteiger partial charge in [0.2, 0.25) is 5.91 Å². The normalized spacial score (nSPS) is 22.4. The molecule has 1 aliphatic carbocycles. The van der Waals surface area contributed by atoms with E-state index in [1.165, 1.54) is 16.7 Å². The molecule has 1 N–H and O–H groups in total. The van der Waals surface area contributed by atoms with Crippen molar-refractivity contribution in [1.29, 1.82) is 0 Å². The fourth-order valence-corrected chi connectivity index (χ4v) is 3.70. The van der Waals surface area contributed by atoms with Gasteiger partial charge in [-0.25, -0.2) is 0 Å². The zero-order valence-corrected chi connectivity index (χ0v) is 15.7. The van der Waals surface area contributed by atoms with Gasteiger partial charge in [0.25, 0.3) is 0 Å². The summed E-state index contributed by atoms with van der Waals surface area (Å²) < 4.78 is 5.42.